The van der Waals surface area contributed by atoms with Crippen molar-refractivity contribution >= 4 is 5.97 Å². The van der Waals surface area contributed by atoms with Crippen LogP contribution in [-0.2, 0) is 22.6 Å². The number of ether oxygens (including phenoxy) is 3. The number of aliphatic carboxylic acids is 1. The summed E-state index contributed by atoms with van der Waals surface area (Å²) >= 11 is 0. The molecule has 0 aromatic heterocycles. The van der Waals surface area contributed by atoms with Gasteiger partial charge in [0, 0.05) is 12.7 Å². The van der Waals surface area contributed by atoms with Crippen LogP contribution in [-0.4, -0.2) is 32.4 Å². The van der Waals surface area contributed by atoms with E-state index in [1.165, 1.54) is 0 Å². The molecule has 0 amide bonds. The van der Waals surface area contributed by atoms with Gasteiger partial charge in [0.1, 0.15) is 0 Å². The fourth-order valence-corrected chi connectivity index (χ4v) is 2.05. The number of hydrogen-bond acceptors (Lipinski definition) is 4. The molecule has 20 heavy (non-hydrogen) atoms. The maximum Gasteiger partial charge on any atom is 0.309 e. The van der Waals surface area contributed by atoms with Crippen LogP contribution in [0.15, 0.2) is 12.1 Å². The van der Waals surface area contributed by atoms with Crippen molar-refractivity contribution in [2.75, 3.05) is 21.3 Å². The fourth-order valence-electron chi connectivity index (χ4n) is 2.05. The third-order valence-electron chi connectivity index (χ3n) is 3.25. The van der Waals surface area contributed by atoms with Crippen molar-refractivity contribution in [3.63, 3.8) is 0 Å². The van der Waals surface area contributed by atoms with Gasteiger partial charge in [0.05, 0.1) is 26.2 Å². The van der Waals surface area contributed by atoms with Crippen LogP contribution in [0.5, 0.6) is 11.5 Å². The van der Waals surface area contributed by atoms with E-state index in [9.17, 15) is 9.90 Å². The Morgan fingerprint density at radius 1 is 1.20 bits per heavy atom. The summed E-state index contributed by atoms with van der Waals surface area (Å²) in [5.41, 5.74) is 0.850. The molecule has 0 aliphatic carbocycles. The molecule has 0 atom stereocenters. The minimum atomic E-state index is -0.859. The average molecular weight is 282 g/mol. The molecule has 0 aliphatic heterocycles. The lowest BCUT2D eigenvalue weighted by Crippen LogP contribution is -2.26. The smallest absolute Gasteiger partial charge is 0.309 e. The van der Waals surface area contributed by atoms with Gasteiger partial charge in [0.25, 0.3) is 0 Å². The molecular weight excluding hydrogens is 260 g/mol. The minimum absolute atomic E-state index is 0.339. The van der Waals surface area contributed by atoms with Crippen LogP contribution in [0.25, 0.3) is 0 Å². The van der Waals surface area contributed by atoms with Crippen LogP contribution in [0.1, 0.15) is 25.0 Å². The first kappa shape index (κ1) is 16.3. The van der Waals surface area contributed by atoms with Gasteiger partial charge in [-0.05, 0) is 31.9 Å². The summed E-state index contributed by atoms with van der Waals surface area (Å²) in [5, 5.41) is 9.26. The van der Waals surface area contributed by atoms with Crippen LogP contribution in [0.2, 0.25) is 0 Å². The Hall–Kier alpha value is -1.75. The van der Waals surface area contributed by atoms with Gasteiger partial charge in [0.2, 0.25) is 0 Å². The second-order valence-electron chi connectivity index (χ2n) is 5.24. The number of benzene rings is 1. The van der Waals surface area contributed by atoms with Gasteiger partial charge in [-0.1, -0.05) is 6.07 Å². The topological polar surface area (TPSA) is 65.0 Å². The molecule has 112 valence electrons. The van der Waals surface area contributed by atoms with Crippen LogP contribution in [0.3, 0.4) is 0 Å². The molecule has 1 aromatic rings. The van der Waals surface area contributed by atoms with E-state index in [4.69, 9.17) is 14.2 Å². The predicted octanol–water partition coefficient (Wildman–Crippen LogP) is 2.50. The van der Waals surface area contributed by atoms with E-state index in [1.54, 1.807) is 41.2 Å². The van der Waals surface area contributed by atoms with Crippen molar-refractivity contribution in [1.29, 1.82) is 0 Å². The van der Waals surface area contributed by atoms with Crippen LogP contribution < -0.4 is 9.47 Å². The largest absolute Gasteiger partial charge is 0.493 e. The monoisotopic (exact) mass is 282 g/mol. The van der Waals surface area contributed by atoms with Crippen molar-refractivity contribution in [2.45, 2.75) is 26.9 Å². The highest BCUT2D eigenvalue weighted by Crippen LogP contribution is 2.36. The molecule has 0 unspecified atom stereocenters. The molecule has 5 heteroatoms. The highest BCUT2D eigenvalue weighted by molar-refractivity contribution is 5.74. The molecule has 5 nitrogen and oxygen atoms in total. The van der Waals surface area contributed by atoms with Crippen LogP contribution in [0, 0.1) is 5.41 Å². The molecule has 0 fully saturated rings. The number of methoxy groups -OCH3 is 3. The third-order valence-corrected chi connectivity index (χ3v) is 3.25. The molecule has 1 aromatic carbocycles. The lowest BCUT2D eigenvalue weighted by Gasteiger charge is -2.23. The van der Waals surface area contributed by atoms with E-state index < -0.39 is 11.4 Å². The summed E-state index contributed by atoms with van der Waals surface area (Å²) < 4.78 is 15.8. The zero-order chi connectivity index (χ0) is 15.3. The maximum atomic E-state index is 11.3. The molecule has 0 saturated carbocycles. The van der Waals surface area contributed by atoms with Crippen molar-refractivity contribution in [3.8, 4) is 11.5 Å². The van der Waals surface area contributed by atoms with E-state index in [1.807, 2.05) is 6.07 Å². The number of carboxylic acid groups (broad SMARTS) is 1. The summed E-state index contributed by atoms with van der Waals surface area (Å²) in [5.74, 6) is 0.361. The number of carboxylic acids is 1. The first-order valence-electron chi connectivity index (χ1n) is 6.32. The summed E-state index contributed by atoms with van der Waals surface area (Å²) in [7, 11) is 4.71. The van der Waals surface area contributed by atoms with E-state index in [0.717, 1.165) is 11.1 Å². The van der Waals surface area contributed by atoms with Crippen molar-refractivity contribution in [2.24, 2.45) is 5.41 Å². The average Bonchev–Trinajstić information content (AvgIpc) is 2.40. The molecule has 0 heterocycles. The minimum Gasteiger partial charge on any atom is -0.493 e. The normalized spacial score (nSPS) is 11.2. The summed E-state index contributed by atoms with van der Waals surface area (Å²) in [6.45, 7) is 3.73. The zero-order valence-corrected chi connectivity index (χ0v) is 12.6. The van der Waals surface area contributed by atoms with E-state index >= 15 is 0 Å². The van der Waals surface area contributed by atoms with Gasteiger partial charge in [-0.25, -0.2) is 0 Å². The highest BCUT2D eigenvalue weighted by atomic mass is 16.5. The SMILES string of the molecule is COCc1c(CC(C)(C)C(=O)O)ccc(OC)c1OC. The number of hydrogen-bond donors (Lipinski definition) is 1. The Morgan fingerprint density at radius 2 is 1.85 bits per heavy atom. The first-order valence-corrected chi connectivity index (χ1v) is 6.32. The third kappa shape index (κ3) is 3.42. The second kappa shape index (κ2) is 6.61. The molecular formula is C15H22O5. The Bertz CT molecular complexity index is 479. The van der Waals surface area contributed by atoms with Crippen LogP contribution >= 0.6 is 0 Å². The van der Waals surface area contributed by atoms with Gasteiger partial charge in [0.15, 0.2) is 11.5 Å². The number of carbonyl (C=O) groups is 1. The lowest BCUT2D eigenvalue weighted by atomic mass is 9.84. The molecule has 0 bridgehead atoms. The molecule has 1 rings (SSSR count). The quantitative estimate of drug-likeness (QED) is 0.832. The van der Waals surface area contributed by atoms with Crippen molar-refractivity contribution < 1.29 is 24.1 Å². The second-order valence-corrected chi connectivity index (χ2v) is 5.24. The molecule has 0 aliphatic rings. The predicted molar refractivity (Wildman–Crippen MR) is 75.4 cm³/mol. The Labute approximate surface area is 119 Å². The summed E-state index contributed by atoms with van der Waals surface area (Å²) in [4.78, 5) is 11.3. The molecule has 0 saturated heterocycles. The van der Waals surface area contributed by atoms with Crippen molar-refractivity contribution in [3.05, 3.63) is 23.3 Å². The van der Waals surface area contributed by atoms with E-state index in [-0.39, 0.29) is 0 Å². The summed E-state index contributed by atoms with van der Waals surface area (Å²) in [6, 6.07) is 3.64. The molecule has 0 radical (unpaired) electrons. The Balaban J connectivity index is 3.29. The maximum absolute atomic E-state index is 11.3. The standard InChI is InChI=1S/C15H22O5/c1-15(2,14(16)17)8-10-6-7-12(19-4)13(20-5)11(10)9-18-3/h6-7H,8-9H2,1-5H3,(H,16,17). The molecule has 1 N–H and O–H groups in total. The Morgan fingerprint density at radius 3 is 2.30 bits per heavy atom. The fraction of sp³-hybridized carbons (Fsp3) is 0.533. The van der Waals surface area contributed by atoms with E-state index in [2.05, 4.69) is 0 Å². The van der Waals surface area contributed by atoms with Crippen molar-refractivity contribution in [1.82, 2.24) is 0 Å². The van der Waals surface area contributed by atoms with Gasteiger partial charge in [-0.2, -0.15) is 0 Å². The highest BCUT2D eigenvalue weighted by Gasteiger charge is 2.29. The Kier molecular flexibility index (Phi) is 5.39. The zero-order valence-electron chi connectivity index (χ0n) is 12.6. The lowest BCUT2D eigenvalue weighted by molar-refractivity contribution is -0.146. The van der Waals surface area contributed by atoms with Gasteiger partial charge >= 0.3 is 5.97 Å². The number of rotatable bonds is 7. The van der Waals surface area contributed by atoms with Crippen LogP contribution in [0.4, 0.5) is 0 Å². The first-order chi connectivity index (χ1) is 9.37. The van der Waals surface area contributed by atoms with Gasteiger partial charge < -0.3 is 19.3 Å². The molecule has 0 spiro atoms. The van der Waals surface area contributed by atoms with Gasteiger partial charge in [-0.15, -0.1) is 0 Å². The van der Waals surface area contributed by atoms with E-state index in [0.29, 0.717) is 24.5 Å². The van der Waals surface area contributed by atoms with Gasteiger partial charge in [-0.3, -0.25) is 4.79 Å². The summed E-state index contributed by atoms with van der Waals surface area (Å²) in [6.07, 6.45) is 0.390.